The fraction of sp³-hybridized carbons (Fsp3) is 0.622. The standard InChI is InChI=1S/C38H54.C36H50/c1-7-11-15-27-19-28(16-12-8-2)36-22-32-26(6)34-24-38-30(18-14-10-4)20-29(17-13-9-3)37(38)23-33(34)25(5)31(32)21-35(27)36;1-7-11-15-19-23-27-33-31(5)35(29-25-21-17-13-9-3)36(30-26-22-18-14-10-4)32(6)34(33)28-24-20-16-12-8-2/h7-24H2,1-6H3;7-18,27-30H2,1-6H3. The maximum atomic E-state index is 3.49. The Bertz CT molecular complexity index is 2240. The molecule has 0 radical (unpaired) electrons. The van der Waals surface area contributed by atoms with Gasteiger partial charge in [0.1, 0.15) is 0 Å². The van der Waals surface area contributed by atoms with Gasteiger partial charge in [0, 0.05) is 51.4 Å². The Balaban J connectivity index is 0.000000275. The van der Waals surface area contributed by atoms with Gasteiger partial charge in [-0.05, 0) is 232 Å². The predicted octanol–water partition coefficient (Wildman–Crippen LogP) is 20.5. The van der Waals surface area contributed by atoms with E-state index in [4.69, 9.17) is 0 Å². The van der Waals surface area contributed by atoms with E-state index in [0.29, 0.717) is 0 Å². The molecule has 2 aromatic carbocycles. The monoisotopic (exact) mass is 993 g/mol. The van der Waals surface area contributed by atoms with Gasteiger partial charge in [0.15, 0.2) is 0 Å². The first-order valence-corrected chi connectivity index (χ1v) is 31.1. The summed E-state index contributed by atoms with van der Waals surface area (Å²) >= 11 is 0. The lowest BCUT2D eigenvalue weighted by Gasteiger charge is -2.33. The van der Waals surface area contributed by atoms with E-state index in [1.54, 1.807) is 78.0 Å². The molecule has 4 aliphatic rings. The highest BCUT2D eigenvalue weighted by Gasteiger charge is 2.35. The summed E-state index contributed by atoms with van der Waals surface area (Å²) in [6.07, 6.45) is 40.0. The quantitative estimate of drug-likeness (QED) is 0.0726. The van der Waals surface area contributed by atoms with Gasteiger partial charge in [0.05, 0.1) is 0 Å². The summed E-state index contributed by atoms with van der Waals surface area (Å²) in [5.74, 6) is 27.6. The van der Waals surface area contributed by atoms with Gasteiger partial charge in [-0.25, -0.2) is 0 Å². The van der Waals surface area contributed by atoms with Crippen molar-refractivity contribution in [2.24, 2.45) is 0 Å². The normalized spacial score (nSPS) is 14.2. The Morgan fingerprint density at radius 1 is 0.257 bits per heavy atom. The Labute approximate surface area is 457 Å². The van der Waals surface area contributed by atoms with Crippen molar-refractivity contribution in [3.8, 4) is 47.4 Å². The minimum absolute atomic E-state index is 0.807. The van der Waals surface area contributed by atoms with Gasteiger partial charge >= 0.3 is 0 Å². The number of rotatable bonds is 24. The molecule has 0 spiro atoms. The van der Waals surface area contributed by atoms with Crippen LogP contribution in [0, 0.1) is 75.1 Å². The van der Waals surface area contributed by atoms with Crippen LogP contribution in [0.3, 0.4) is 0 Å². The molecule has 2 aromatic rings. The van der Waals surface area contributed by atoms with Crippen LogP contribution in [-0.2, 0) is 51.4 Å². The van der Waals surface area contributed by atoms with Crippen molar-refractivity contribution in [2.75, 3.05) is 0 Å². The van der Waals surface area contributed by atoms with Crippen molar-refractivity contribution < 1.29 is 0 Å². The molecule has 0 N–H and O–H groups in total. The minimum Gasteiger partial charge on any atom is -0.103 e. The molecule has 4 aliphatic carbocycles. The summed E-state index contributed by atoms with van der Waals surface area (Å²) in [7, 11) is 0. The summed E-state index contributed by atoms with van der Waals surface area (Å²) in [6.45, 7) is 27.9. The van der Waals surface area contributed by atoms with Crippen molar-refractivity contribution in [1.82, 2.24) is 0 Å². The van der Waals surface area contributed by atoms with Crippen molar-refractivity contribution >= 4 is 0 Å². The maximum absolute atomic E-state index is 3.49. The molecule has 0 saturated heterocycles. The van der Waals surface area contributed by atoms with Gasteiger partial charge < -0.3 is 0 Å². The molecule has 0 heteroatoms. The lowest BCUT2D eigenvalue weighted by atomic mass is 9.71. The molecule has 0 saturated carbocycles. The van der Waals surface area contributed by atoms with Gasteiger partial charge in [-0.1, -0.05) is 153 Å². The summed E-state index contributed by atoms with van der Waals surface area (Å²) in [5, 5.41) is 0. The molecule has 0 fully saturated rings. The lowest BCUT2D eigenvalue weighted by Crippen LogP contribution is -2.20. The van der Waals surface area contributed by atoms with Crippen LogP contribution >= 0.6 is 0 Å². The number of fused-ring (bicyclic) bond motifs is 4. The van der Waals surface area contributed by atoms with E-state index in [-0.39, 0.29) is 0 Å². The number of benzene rings is 2. The fourth-order valence-electron chi connectivity index (χ4n) is 12.4. The fourth-order valence-corrected chi connectivity index (χ4v) is 12.4. The summed E-state index contributed by atoms with van der Waals surface area (Å²) in [6, 6.07) is 0. The van der Waals surface area contributed by atoms with Crippen LogP contribution in [-0.4, -0.2) is 0 Å². The molecular weight excluding hydrogens is 889 g/mol. The molecule has 0 atom stereocenters. The van der Waals surface area contributed by atoms with Crippen LogP contribution in [0.4, 0.5) is 0 Å². The van der Waals surface area contributed by atoms with Crippen LogP contribution in [0.1, 0.15) is 289 Å². The zero-order chi connectivity index (χ0) is 53.2. The highest BCUT2D eigenvalue weighted by atomic mass is 14.4. The highest BCUT2D eigenvalue weighted by molar-refractivity contribution is 5.67. The third-order valence-electron chi connectivity index (χ3n) is 17.3. The van der Waals surface area contributed by atoms with E-state index < -0.39 is 0 Å². The van der Waals surface area contributed by atoms with E-state index in [1.165, 1.54) is 200 Å². The molecule has 0 amide bonds. The zero-order valence-corrected chi connectivity index (χ0v) is 50.0. The van der Waals surface area contributed by atoms with E-state index in [0.717, 1.165) is 51.4 Å². The molecule has 0 aliphatic heterocycles. The maximum Gasteiger partial charge on any atom is 0.0346 e. The second-order valence-corrected chi connectivity index (χ2v) is 22.7. The number of unbranched alkanes of at least 4 members (excludes halogenated alkanes) is 12. The van der Waals surface area contributed by atoms with Crippen LogP contribution in [0.2, 0.25) is 0 Å². The van der Waals surface area contributed by atoms with Gasteiger partial charge in [-0.15, -0.1) is 23.7 Å². The van der Waals surface area contributed by atoms with Gasteiger partial charge in [-0.2, -0.15) is 0 Å². The molecule has 0 bridgehead atoms. The molecule has 0 aromatic heterocycles. The van der Waals surface area contributed by atoms with Crippen molar-refractivity contribution in [1.29, 1.82) is 0 Å². The second-order valence-electron chi connectivity index (χ2n) is 22.7. The second kappa shape index (κ2) is 32.9. The first kappa shape index (κ1) is 60.5. The number of allylic oxidation sites excluding steroid dienone is 8. The Hall–Kier alpha value is -4.36. The van der Waals surface area contributed by atoms with Crippen LogP contribution in [0.25, 0.3) is 0 Å². The molecule has 0 heterocycles. The van der Waals surface area contributed by atoms with E-state index in [9.17, 15) is 0 Å². The van der Waals surface area contributed by atoms with Gasteiger partial charge in [-0.3, -0.25) is 0 Å². The molecule has 6 rings (SSSR count). The predicted molar refractivity (Wildman–Crippen MR) is 326 cm³/mol. The Kier molecular flexibility index (Phi) is 26.9. The highest BCUT2D eigenvalue weighted by Crippen LogP contribution is 2.50. The van der Waals surface area contributed by atoms with E-state index in [2.05, 4.69) is 130 Å². The van der Waals surface area contributed by atoms with Gasteiger partial charge in [0.25, 0.3) is 0 Å². The van der Waals surface area contributed by atoms with E-state index >= 15 is 0 Å². The average molecular weight is 994 g/mol. The molecule has 400 valence electrons. The van der Waals surface area contributed by atoms with Crippen molar-refractivity contribution in [3.63, 3.8) is 0 Å². The van der Waals surface area contributed by atoms with Crippen molar-refractivity contribution in [2.45, 2.75) is 301 Å². The zero-order valence-electron chi connectivity index (χ0n) is 50.0. The summed E-state index contributed by atoms with van der Waals surface area (Å²) < 4.78 is 0. The van der Waals surface area contributed by atoms with Crippen LogP contribution < -0.4 is 0 Å². The largest absolute Gasteiger partial charge is 0.103 e. The molecule has 74 heavy (non-hydrogen) atoms. The smallest absolute Gasteiger partial charge is 0.0346 e. The Morgan fingerprint density at radius 2 is 0.473 bits per heavy atom. The topological polar surface area (TPSA) is 0 Å². The van der Waals surface area contributed by atoms with Crippen LogP contribution in [0.15, 0.2) is 44.6 Å². The average Bonchev–Trinajstić information content (AvgIpc) is 3.94. The molecular formula is C74H104. The molecule has 0 unspecified atom stereocenters. The summed E-state index contributed by atoms with van der Waals surface area (Å²) in [5.41, 5.74) is 32.8. The third kappa shape index (κ3) is 16.3. The van der Waals surface area contributed by atoms with Crippen molar-refractivity contribution in [3.05, 3.63) is 111 Å². The molecule has 0 nitrogen and oxygen atoms in total. The number of hydrogen-bond donors (Lipinski definition) is 0. The lowest BCUT2D eigenvalue weighted by molar-refractivity contribution is 0.742. The first-order chi connectivity index (χ1) is 36.1. The Morgan fingerprint density at radius 3 is 0.676 bits per heavy atom. The van der Waals surface area contributed by atoms with Gasteiger partial charge in [0.2, 0.25) is 0 Å². The summed E-state index contributed by atoms with van der Waals surface area (Å²) in [4.78, 5) is 0. The van der Waals surface area contributed by atoms with E-state index in [1.807, 2.05) is 0 Å². The van der Waals surface area contributed by atoms with Crippen LogP contribution in [0.5, 0.6) is 0 Å². The number of hydrogen-bond acceptors (Lipinski definition) is 0. The first-order valence-electron chi connectivity index (χ1n) is 31.1. The third-order valence-corrected chi connectivity index (χ3v) is 17.3. The minimum atomic E-state index is 0.807. The SMILES string of the molecule is CCCCC#CCc1c(C)c(CC#CCCCC)c(CC#CCCCC)c(C)c1CC#CCCCC.CCCCC1=C2Cc3c(C)c4c(c(C)c3CC2=C(CCCC)C1)CC1=C(CCCC)CC(CCCC)=C1C4.